The number of ether oxygens (including phenoxy) is 2. The summed E-state index contributed by atoms with van der Waals surface area (Å²) in [5.41, 5.74) is 1.15. The predicted molar refractivity (Wildman–Crippen MR) is 95.5 cm³/mol. The highest BCUT2D eigenvalue weighted by Gasteiger charge is 2.35. The summed E-state index contributed by atoms with van der Waals surface area (Å²) in [5, 5.41) is 2.62. The molecule has 1 fully saturated rings. The summed E-state index contributed by atoms with van der Waals surface area (Å²) in [6.07, 6.45) is 0.732. The van der Waals surface area contributed by atoms with Crippen LogP contribution in [0, 0.1) is 0 Å². The molecular formula is C19H24N2O6. The first-order valence-electron chi connectivity index (χ1n) is 8.85. The first-order chi connectivity index (χ1) is 13.0. The number of piperazine rings is 1. The van der Waals surface area contributed by atoms with E-state index in [1.54, 1.807) is 0 Å². The zero-order chi connectivity index (χ0) is 19.6. The topological polar surface area (TPSA) is 102 Å². The first-order valence-corrected chi connectivity index (χ1v) is 8.85. The lowest BCUT2D eigenvalue weighted by Gasteiger charge is -2.34. The van der Waals surface area contributed by atoms with E-state index in [0.717, 1.165) is 12.0 Å². The quantitative estimate of drug-likeness (QED) is 0.401. The Morgan fingerprint density at radius 1 is 1.19 bits per heavy atom. The molecular weight excluding hydrogens is 352 g/mol. The number of nitrogens with one attached hydrogen (secondary N) is 1. The van der Waals surface area contributed by atoms with E-state index in [4.69, 9.17) is 4.74 Å². The summed E-state index contributed by atoms with van der Waals surface area (Å²) in [7, 11) is 1.18. The lowest BCUT2D eigenvalue weighted by molar-refractivity contribution is -0.154. The van der Waals surface area contributed by atoms with Crippen LogP contribution in [0.15, 0.2) is 30.3 Å². The highest BCUT2D eigenvalue weighted by molar-refractivity contribution is 5.98. The molecule has 0 spiro atoms. The maximum Gasteiger partial charge on any atom is 0.315 e. The Bertz CT molecular complexity index is 676. The van der Waals surface area contributed by atoms with Crippen molar-refractivity contribution in [2.24, 2.45) is 0 Å². The highest BCUT2D eigenvalue weighted by Crippen LogP contribution is 2.12. The van der Waals surface area contributed by atoms with E-state index in [9.17, 15) is 19.2 Å². The zero-order valence-corrected chi connectivity index (χ0v) is 15.3. The van der Waals surface area contributed by atoms with Gasteiger partial charge in [0.2, 0.25) is 11.8 Å². The molecule has 1 aliphatic heterocycles. The second-order valence-electron chi connectivity index (χ2n) is 6.16. The van der Waals surface area contributed by atoms with Crippen LogP contribution in [0.25, 0.3) is 0 Å². The van der Waals surface area contributed by atoms with Gasteiger partial charge in [-0.3, -0.25) is 19.2 Å². The lowest BCUT2D eigenvalue weighted by Crippen LogP contribution is -2.58. The third-order valence-corrected chi connectivity index (χ3v) is 4.25. The SMILES string of the molecule is COC(=O)CC(=O)N1CCNC(=O)C1CC(=O)OCCCc1ccccc1. The van der Waals surface area contributed by atoms with Gasteiger partial charge in [-0.25, -0.2) is 0 Å². The van der Waals surface area contributed by atoms with Crippen LogP contribution in [0.3, 0.4) is 0 Å². The fraction of sp³-hybridized carbons (Fsp3) is 0.474. The van der Waals surface area contributed by atoms with E-state index < -0.39 is 36.2 Å². The summed E-state index contributed by atoms with van der Waals surface area (Å²) in [4.78, 5) is 48.9. The molecule has 1 unspecified atom stereocenters. The smallest absolute Gasteiger partial charge is 0.315 e. The summed E-state index contributed by atoms with van der Waals surface area (Å²) >= 11 is 0. The molecule has 1 atom stereocenters. The van der Waals surface area contributed by atoms with Crippen molar-refractivity contribution in [2.75, 3.05) is 26.8 Å². The van der Waals surface area contributed by atoms with Crippen LogP contribution >= 0.6 is 0 Å². The standard InChI is InChI=1S/C19H24N2O6/c1-26-17(23)13-16(22)21-10-9-20-19(25)15(21)12-18(24)27-11-5-8-14-6-3-2-4-7-14/h2-4,6-7,15H,5,8-13H2,1H3,(H,20,25). The fourth-order valence-corrected chi connectivity index (χ4v) is 2.84. The van der Waals surface area contributed by atoms with Crippen LogP contribution in [0.4, 0.5) is 0 Å². The van der Waals surface area contributed by atoms with Crippen LogP contribution < -0.4 is 5.32 Å². The van der Waals surface area contributed by atoms with Crippen LogP contribution in [-0.4, -0.2) is 61.5 Å². The van der Waals surface area contributed by atoms with Gasteiger partial charge in [0.15, 0.2) is 0 Å². The summed E-state index contributed by atoms with van der Waals surface area (Å²) < 4.78 is 9.67. The Kier molecular flexibility index (Phi) is 7.79. The van der Waals surface area contributed by atoms with Crippen molar-refractivity contribution in [2.45, 2.75) is 31.7 Å². The van der Waals surface area contributed by atoms with Crippen molar-refractivity contribution in [1.82, 2.24) is 10.2 Å². The van der Waals surface area contributed by atoms with Crippen LogP contribution in [0.5, 0.6) is 0 Å². The molecule has 146 valence electrons. The minimum Gasteiger partial charge on any atom is -0.469 e. The zero-order valence-electron chi connectivity index (χ0n) is 15.3. The number of amides is 2. The number of carbonyl (C=O) groups excluding carboxylic acids is 4. The van der Waals surface area contributed by atoms with E-state index in [0.29, 0.717) is 6.42 Å². The van der Waals surface area contributed by atoms with Gasteiger partial charge in [-0.1, -0.05) is 30.3 Å². The van der Waals surface area contributed by atoms with Gasteiger partial charge in [-0.05, 0) is 18.4 Å². The van der Waals surface area contributed by atoms with Gasteiger partial charge in [-0.2, -0.15) is 0 Å². The molecule has 0 radical (unpaired) electrons. The van der Waals surface area contributed by atoms with Gasteiger partial charge in [0.1, 0.15) is 12.5 Å². The molecule has 1 aromatic carbocycles. The van der Waals surface area contributed by atoms with Crippen LogP contribution in [0.1, 0.15) is 24.8 Å². The number of hydrogen-bond donors (Lipinski definition) is 1. The Labute approximate surface area is 157 Å². The van der Waals surface area contributed by atoms with Crippen molar-refractivity contribution < 1.29 is 28.7 Å². The average Bonchev–Trinajstić information content (AvgIpc) is 2.67. The molecule has 8 nitrogen and oxygen atoms in total. The monoisotopic (exact) mass is 376 g/mol. The Morgan fingerprint density at radius 3 is 2.63 bits per heavy atom. The van der Waals surface area contributed by atoms with Crippen molar-refractivity contribution in [3.05, 3.63) is 35.9 Å². The average molecular weight is 376 g/mol. The van der Waals surface area contributed by atoms with Crippen molar-refractivity contribution in [3.8, 4) is 0 Å². The normalized spacial score (nSPS) is 16.4. The van der Waals surface area contributed by atoms with E-state index in [1.807, 2.05) is 30.3 Å². The van der Waals surface area contributed by atoms with E-state index in [2.05, 4.69) is 10.1 Å². The number of esters is 2. The van der Waals surface area contributed by atoms with Gasteiger partial charge in [0, 0.05) is 13.1 Å². The number of methoxy groups -OCH3 is 1. The Hall–Kier alpha value is -2.90. The summed E-state index contributed by atoms with van der Waals surface area (Å²) in [6.45, 7) is 0.736. The molecule has 1 aromatic rings. The van der Waals surface area contributed by atoms with Gasteiger partial charge in [-0.15, -0.1) is 0 Å². The minimum absolute atomic E-state index is 0.230. The van der Waals surface area contributed by atoms with Crippen molar-refractivity contribution >= 4 is 23.8 Å². The van der Waals surface area contributed by atoms with E-state index in [1.165, 1.54) is 12.0 Å². The third kappa shape index (κ3) is 6.40. The van der Waals surface area contributed by atoms with Crippen molar-refractivity contribution in [1.29, 1.82) is 0 Å². The van der Waals surface area contributed by atoms with Gasteiger partial charge < -0.3 is 19.7 Å². The second-order valence-corrected chi connectivity index (χ2v) is 6.16. The molecule has 2 rings (SSSR count). The summed E-state index contributed by atoms with van der Waals surface area (Å²) in [5.74, 6) is -2.21. The molecule has 0 aliphatic carbocycles. The maximum atomic E-state index is 12.2. The largest absolute Gasteiger partial charge is 0.469 e. The van der Waals surface area contributed by atoms with Gasteiger partial charge in [0.25, 0.3) is 0 Å². The minimum atomic E-state index is -0.975. The number of nitrogens with zero attached hydrogens (tertiary/aromatic N) is 1. The molecule has 1 aliphatic rings. The van der Waals surface area contributed by atoms with E-state index >= 15 is 0 Å². The predicted octanol–water partition coefficient (Wildman–Crippen LogP) is 0.443. The molecule has 27 heavy (non-hydrogen) atoms. The number of rotatable bonds is 8. The number of aryl methyl sites for hydroxylation is 1. The fourth-order valence-electron chi connectivity index (χ4n) is 2.84. The molecule has 1 saturated heterocycles. The van der Waals surface area contributed by atoms with Gasteiger partial charge in [0.05, 0.1) is 20.1 Å². The van der Waals surface area contributed by atoms with Crippen LogP contribution in [-0.2, 0) is 35.1 Å². The van der Waals surface area contributed by atoms with E-state index in [-0.39, 0.29) is 26.1 Å². The molecule has 1 N–H and O–H groups in total. The van der Waals surface area contributed by atoms with Gasteiger partial charge >= 0.3 is 11.9 Å². The Morgan fingerprint density at radius 2 is 1.93 bits per heavy atom. The number of hydrogen-bond acceptors (Lipinski definition) is 6. The molecule has 0 bridgehead atoms. The Balaban J connectivity index is 1.82. The lowest BCUT2D eigenvalue weighted by atomic mass is 10.1. The number of carbonyl (C=O) groups is 4. The molecule has 0 saturated carbocycles. The molecule has 2 amide bonds. The first kappa shape index (κ1) is 20.4. The highest BCUT2D eigenvalue weighted by atomic mass is 16.5. The maximum absolute atomic E-state index is 12.2. The molecule has 1 heterocycles. The molecule has 8 heteroatoms. The molecule has 0 aromatic heterocycles. The van der Waals surface area contributed by atoms with Crippen LogP contribution in [0.2, 0.25) is 0 Å². The van der Waals surface area contributed by atoms with Crippen molar-refractivity contribution in [3.63, 3.8) is 0 Å². The third-order valence-electron chi connectivity index (χ3n) is 4.25. The number of benzene rings is 1. The second kappa shape index (κ2) is 10.3. The summed E-state index contributed by atoms with van der Waals surface area (Å²) in [6, 6.07) is 8.85.